The number of amides is 1. The number of likely N-dealkylation sites (tertiary alicyclic amines) is 1. The number of terminal acetylenes is 1. The molecule has 0 aliphatic carbocycles. The fraction of sp³-hybridized carbons (Fsp3) is 0.438. The number of hydrogen-bond acceptors (Lipinski definition) is 3. The number of hydrogen-bond donors (Lipinski definition) is 0. The molecule has 0 saturated carbocycles. The second-order valence-corrected chi connectivity index (χ2v) is 4.77. The van der Waals surface area contributed by atoms with E-state index in [0.717, 1.165) is 18.4 Å². The molecule has 0 N–H and O–H groups in total. The van der Waals surface area contributed by atoms with E-state index in [9.17, 15) is 4.79 Å². The lowest BCUT2D eigenvalue weighted by atomic mass is 10.1. The summed E-state index contributed by atoms with van der Waals surface area (Å²) in [5, 5.41) is 0. The summed E-state index contributed by atoms with van der Waals surface area (Å²) in [7, 11) is 0. The first-order valence-corrected chi connectivity index (χ1v) is 6.80. The molecule has 1 heterocycles. The van der Waals surface area contributed by atoms with Gasteiger partial charge in [-0.15, -0.1) is 6.42 Å². The standard InChI is InChI=1S/C16H19NO3/c1-2-11-19-15-9-6-10-17(12-15)16(18)20-13-14-7-4-3-5-8-14/h1,3-5,7-8,15H,6,9-13H2. The first kappa shape index (κ1) is 14.4. The van der Waals surface area contributed by atoms with E-state index in [1.54, 1.807) is 4.90 Å². The van der Waals surface area contributed by atoms with E-state index in [1.807, 2.05) is 30.3 Å². The summed E-state index contributed by atoms with van der Waals surface area (Å²) < 4.78 is 10.8. The van der Waals surface area contributed by atoms with Gasteiger partial charge < -0.3 is 14.4 Å². The van der Waals surface area contributed by atoms with Gasteiger partial charge in [0, 0.05) is 6.54 Å². The number of benzene rings is 1. The molecule has 4 heteroatoms. The predicted molar refractivity (Wildman–Crippen MR) is 76.0 cm³/mol. The summed E-state index contributed by atoms with van der Waals surface area (Å²) in [6.45, 7) is 1.85. The molecule has 4 nitrogen and oxygen atoms in total. The summed E-state index contributed by atoms with van der Waals surface area (Å²) in [5.74, 6) is 2.45. The lowest BCUT2D eigenvalue weighted by molar-refractivity contribution is 0.0100. The molecule has 106 valence electrons. The number of piperidine rings is 1. The Morgan fingerprint density at radius 2 is 2.20 bits per heavy atom. The molecule has 0 bridgehead atoms. The van der Waals surface area contributed by atoms with Crippen LogP contribution in [0.15, 0.2) is 30.3 Å². The monoisotopic (exact) mass is 273 g/mol. The molecule has 1 aliphatic rings. The van der Waals surface area contributed by atoms with Gasteiger partial charge in [-0.2, -0.15) is 0 Å². The Labute approximate surface area is 119 Å². The molecule has 0 aromatic heterocycles. The maximum Gasteiger partial charge on any atom is 0.410 e. The van der Waals surface area contributed by atoms with Gasteiger partial charge in [-0.1, -0.05) is 36.3 Å². The fourth-order valence-electron chi connectivity index (χ4n) is 2.22. The van der Waals surface area contributed by atoms with Crippen LogP contribution >= 0.6 is 0 Å². The summed E-state index contributed by atoms with van der Waals surface area (Å²) >= 11 is 0. The average Bonchev–Trinajstić information content (AvgIpc) is 2.52. The minimum Gasteiger partial charge on any atom is -0.445 e. The Morgan fingerprint density at radius 3 is 2.95 bits per heavy atom. The van der Waals surface area contributed by atoms with Gasteiger partial charge in [-0.3, -0.25) is 0 Å². The van der Waals surface area contributed by atoms with Gasteiger partial charge >= 0.3 is 6.09 Å². The largest absolute Gasteiger partial charge is 0.445 e. The van der Waals surface area contributed by atoms with Crippen LogP contribution in [0.25, 0.3) is 0 Å². The zero-order chi connectivity index (χ0) is 14.2. The van der Waals surface area contributed by atoms with E-state index in [2.05, 4.69) is 5.92 Å². The van der Waals surface area contributed by atoms with Gasteiger partial charge in [0.05, 0.1) is 12.6 Å². The van der Waals surface area contributed by atoms with Crippen molar-refractivity contribution in [2.24, 2.45) is 0 Å². The van der Waals surface area contributed by atoms with Gasteiger partial charge in [-0.05, 0) is 18.4 Å². The smallest absolute Gasteiger partial charge is 0.410 e. The number of carbonyl (C=O) groups excluding carboxylic acids is 1. The Kier molecular flexibility index (Phi) is 5.45. The van der Waals surface area contributed by atoms with Crippen molar-refractivity contribution in [1.29, 1.82) is 0 Å². The van der Waals surface area contributed by atoms with Crippen LogP contribution in [0.3, 0.4) is 0 Å². The number of ether oxygens (including phenoxy) is 2. The minimum absolute atomic E-state index is 0.0177. The van der Waals surface area contributed by atoms with Crippen molar-refractivity contribution in [2.45, 2.75) is 25.6 Å². The Hall–Kier alpha value is -1.99. The summed E-state index contributed by atoms with van der Waals surface area (Å²) in [5.41, 5.74) is 0.984. The van der Waals surface area contributed by atoms with E-state index < -0.39 is 0 Å². The van der Waals surface area contributed by atoms with E-state index in [4.69, 9.17) is 15.9 Å². The average molecular weight is 273 g/mol. The third kappa shape index (κ3) is 4.29. The lowest BCUT2D eigenvalue weighted by Crippen LogP contribution is -2.43. The summed E-state index contributed by atoms with van der Waals surface area (Å²) in [6.07, 6.45) is 6.75. The molecule has 2 rings (SSSR count). The van der Waals surface area contributed by atoms with Crippen molar-refractivity contribution in [2.75, 3.05) is 19.7 Å². The van der Waals surface area contributed by atoms with Crippen LogP contribution in [0.4, 0.5) is 4.79 Å². The molecule has 0 spiro atoms. The summed E-state index contributed by atoms with van der Waals surface area (Å²) in [4.78, 5) is 13.7. The van der Waals surface area contributed by atoms with Crippen LogP contribution in [-0.4, -0.2) is 36.8 Å². The topological polar surface area (TPSA) is 38.8 Å². The molecule has 0 radical (unpaired) electrons. The van der Waals surface area contributed by atoms with Crippen molar-refractivity contribution < 1.29 is 14.3 Å². The molecule has 1 fully saturated rings. The van der Waals surface area contributed by atoms with E-state index in [0.29, 0.717) is 19.7 Å². The maximum absolute atomic E-state index is 12.0. The van der Waals surface area contributed by atoms with E-state index in [-0.39, 0.29) is 18.8 Å². The van der Waals surface area contributed by atoms with Crippen LogP contribution in [0.2, 0.25) is 0 Å². The lowest BCUT2D eigenvalue weighted by Gasteiger charge is -2.31. The normalized spacial score (nSPS) is 18.4. The summed E-state index contributed by atoms with van der Waals surface area (Å²) in [6, 6.07) is 9.65. The molecule has 20 heavy (non-hydrogen) atoms. The third-order valence-corrected chi connectivity index (χ3v) is 3.24. The number of rotatable bonds is 4. The molecule has 1 aromatic rings. The second kappa shape index (κ2) is 7.56. The van der Waals surface area contributed by atoms with E-state index in [1.165, 1.54) is 0 Å². The molecule has 1 saturated heterocycles. The maximum atomic E-state index is 12.0. The molecule has 1 aromatic carbocycles. The Bertz CT molecular complexity index is 466. The van der Waals surface area contributed by atoms with Gasteiger partial charge in [0.25, 0.3) is 0 Å². The molecule has 1 atom stereocenters. The van der Waals surface area contributed by atoms with Crippen LogP contribution in [0.1, 0.15) is 18.4 Å². The quantitative estimate of drug-likeness (QED) is 0.791. The highest BCUT2D eigenvalue weighted by atomic mass is 16.6. The zero-order valence-corrected chi connectivity index (χ0v) is 11.5. The predicted octanol–water partition coefficient (Wildman–Crippen LogP) is 2.44. The van der Waals surface area contributed by atoms with Crippen molar-refractivity contribution in [3.63, 3.8) is 0 Å². The van der Waals surface area contributed by atoms with Gasteiger partial charge in [0.15, 0.2) is 0 Å². The molecule has 1 aliphatic heterocycles. The highest BCUT2D eigenvalue weighted by Gasteiger charge is 2.24. The molecular weight excluding hydrogens is 254 g/mol. The van der Waals surface area contributed by atoms with Crippen molar-refractivity contribution in [3.05, 3.63) is 35.9 Å². The SMILES string of the molecule is C#CCOC1CCCN(C(=O)OCc2ccccc2)C1. The Morgan fingerprint density at radius 1 is 1.40 bits per heavy atom. The van der Waals surface area contributed by atoms with Crippen LogP contribution in [0, 0.1) is 12.3 Å². The van der Waals surface area contributed by atoms with Crippen molar-refractivity contribution in [1.82, 2.24) is 4.90 Å². The number of carbonyl (C=O) groups is 1. The molecule has 1 amide bonds. The van der Waals surface area contributed by atoms with Crippen molar-refractivity contribution >= 4 is 6.09 Å². The molecular formula is C16H19NO3. The first-order valence-electron chi connectivity index (χ1n) is 6.80. The van der Waals surface area contributed by atoms with Crippen LogP contribution < -0.4 is 0 Å². The highest BCUT2D eigenvalue weighted by molar-refractivity contribution is 5.67. The molecule has 1 unspecified atom stereocenters. The minimum atomic E-state index is -0.289. The fourth-order valence-corrected chi connectivity index (χ4v) is 2.22. The second-order valence-electron chi connectivity index (χ2n) is 4.77. The van der Waals surface area contributed by atoms with Crippen LogP contribution in [-0.2, 0) is 16.1 Å². The van der Waals surface area contributed by atoms with Gasteiger partial charge in [0.2, 0.25) is 0 Å². The first-order chi connectivity index (χ1) is 9.79. The van der Waals surface area contributed by atoms with Crippen molar-refractivity contribution in [3.8, 4) is 12.3 Å². The van der Waals surface area contributed by atoms with E-state index >= 15 is 0 Å². The van der Waals surface area contributed by atoms with Gasteiger partial charge in [-0.25, -0.2) is 4.79 Å². The van der Waals surface area contributed by atoms with Gasteiger partial charge in [0.1, 0.15) is 13.2 Å². The Balaban J connectivity index is 1.78. The van der Waals surface area contributed by atoms with Crippen LogP contribution in [0.5, 0.6) is 0 Å². The highest BCUT2D eigenvalue weighted by Crippen LogP contribution is 2.14. The number of nitrogens with zero attached hydrogens (tertiary/aromatic N) is 1. The zero-order valence-electron chi connectivity index (χ0n) is 11.5. The third-order valence-electron chi connectivity index (χ3n) is 3.24.